The fraction of sp³-hybridized carbons (Fsp3) is 0.174. The minimum Gasteiger partial charge on any atom is -0.351 e. The van der Waals surface area contributed by atoms with Gasteiger partial charge >= 0.3 is 6.18 Å². The molecule has 3 aromatic carbocycles. The highest BCUT2D eigenvalue weighted by atomic mass is 32.2. The quantitative estimate of drug-likeness (QED) is 0.359. The number of carbonyl (C=O) groups excluding carboxylic acids is 1. The number of rotatable bonds is 8. The van der Waals surface area contributed by atoms with E-state index in [2.05, 4.69) is 10.6 Å². The van der Waals surface area contributed by atoms with E-state index in [1.54, 1.807) is 0 Å². The van der Waals surface area contributed by atoms with Crippen LogP contribution < -0.4 is 10.6 Å². The molecule has 0 fully saturated rings. The molecular weight excluding hydrogens is 479 g/mol. The summed E-state index contributed by atoms with van der Waals surface area (Å²) in [6, 6.07) is 12.3. The molecule has 0 saturated carbocycles. The molecule has 11 heteroatoms. The third-order valence-corrected chi connectivity index (χ3v) is 6.37. The van der Waals surface area contributed by atoms with Gasteiger partial charge in [-0.05, 0) is 59.7 Å². The van der Waals surface area contributed by atoms with Crippen LogP contribution in [0.5, 0.6) is 0 Å². The maximum absolute atomic E-state index is 14.2. The second-order valence-electron chi connectivity index (χ2n) is 7.31. The minimum absolute atomic E-state index is 0.0147. The lowest BCUT2D eigenvalue weighted by atomic mass is 10.0. The predicted molar refractivity (Wildman–Crippen MR) is 115 cm³/mol. The molecule has 0 saturated heterocycles. The first kappa shape index (κ1) is 25.3. The molecule has 3 rings (SSSR count). The van der Waals surface area contributed by atoms with E-state index in [0.29, 0.717) is 5.56 Å². The molecule has 5 nitrogen and oxygen atoms in total. The molecule has 0 aliphatic carbocycles. The zero-order valence-electron chi connectivity index (χ0n) is 17.5. The van der Waals surface area contributed by atoms with Gasteiger partial charge in [0.05, 0.1) is 17.0 Å². The monoisotopic (exact) mass is 498 g/mol. The number of alkyl halides is 3. The Morgan fingerprint density at radius 3 is 2.15 bits per heavy atom. The third kappa shape index (κ3) is 6.61. The number of benzene rings is 3. The summed E-state index contributed by atoms with van der Waals surface area (Å²) in [4.78, 5) is 11.9. The average molecular weight is 498 g/mol. The number of halogens is 5. The molecular formula is C23H19F5N2O3S. The van der Waals surface area contributed by atoms with Crippen molar-refractivity contribution in [2.75, 3.05) is 12.4 Å². The zero-order chi connectivity index (χ0) is 24.9. The predicted octanol–water partition coefficient (Wildman–Crippen LogP) is 4.29. The fourth-order valence-corrected chi connectivity index (χ4v) is 4.12. The molecule has 0 atom stereocenters. The maximum atomic E-state index is 14.2. The van der Waals surface area contributed by atoms with E-state index in [-0.39, 0.29) is 29.1 Å². The van der Waals surface area contributed by atoms with Gasteiger partial charge in [0.15, 0.2) is 9.84 Å². The number of amides is 1. The normalized spacial score (nSPS) is 11.9. The van der Waals surface area contributed by atoms with Gasteiger partial charge in [-0.15, -0.1) is 0 Å². The van der Waals surface area contributed by atoms with Gasteiger partial charge in [0.2, 0.25) is 5.91 Å². The first-order valence-corrected chi connectivity index (χ1v) is 11.5. The van der Waals surface area contributed by atoms with E-state index in [0.717, 1.165) is 54.6 Å². The van der Waals surface area contributed by atoms with E-state index in [4.69, 9.17) is 0 Å². The average Bonchev–Trinajstić information content (AvgIpc) is 2.78. The van der Waals surface area contributed by atoms with Crippen LogP contribution in [0.1, 0.15) is 11.1 Å². The summed E-state index contributed by atoms with van der Waals surface area (Å²) in [7, 11) is -3.76. The molecule has 0 aliphatic rings. The zero-order valence-corrected chi connectivity index (χ0v) is 18.3. The van der Waals surface area contributed by atoms with Crippen LogP contribution in [-0.2, 0) is 27.4 Å². The maximum Gasteiger partial charge on any atom is 0.416 e. The van der Waals surface area contributed by atoms with Crippen LogP contribution in [0.25, 0.3) is 11.1 Å². The number of hydrogen-bond acceptors (Lipinski definition) is 4. The summed E-state index contributed by atoms with van der Waals surface area (Å²) in [5.41, 5.74) is -0.0482. The highest BCUT2D eigenvalue weighted by Crippen LogP contribution is 2.31. The smallest absolute Gasteiger partial charge is 0.351 e. The van der Waals surface area contributed by atoms with Crippen molar-refractivity contribution in [2.45, 2.75) is 17.6 Å². The Morgan fingerprint density at radius 1 is 0.882 bits per heavy atom. The van der Waals surface area contributed by atoms with E-state index >= 15 is 0 Å². The van der Waals surface area contributed by atoms with Crippen LogP contribution >= 0.6 is 0 Å². The van der Waals surface area contributed by atoms with Gasteiger partial charge in [0.1, 0.15) is 17.5 Å². The highest BCUT2D eigenvalue weighted by molar-refractivity contribution is 7.91. The van der Waals surface area contributed by atoms with Crippen LogP contribution in [0.4, 0.5) is 22.0 Å². The Bertz CT molecular complexity index is 1260. The lowest BCUT2D eigenvalue weighted by Crippen LogP contribution is -2.35. The van der Waals surface area contributed by atoms with Gasteiger partial charge in [-0.3, -0.25) is 10.1 Å². The second-order valence-corrected chi connectivity index (χ2v) is 9.30. The van der Waals surface area contributed by atoms with Crippen LogP contribution in [-0.4, -0.2) is 26.7 Å². The molecule has 0 heterocycles. The molecule has 0 aliphatic heterocycles. The topological polar surface area (TPSA) is 75.3 Å². The Labute approximate surface area is 192 Å². The first-order valence-electron chi connectivity index (χ1n) is 9.87. The summed E-state index contributed by atoms with van der Waals surface area (Å²) < 4.78 is 89.7. The standard InChI is InChI=1S/C23H19F5N2O3S/c24-18-6-8-19(9-7-18)34(32,33)14-29-13-22(31)30-12-15-1-10-21(25)20(11-15)16-2-4-17(5-3-16)23(26,27)28/h1-11,29H,12-14H2,(H,30,31). The molecule has 34 heavy (non-hydrogen) atoms. The van der Waals surface area contributed by atoms with Crippen molar-refractivity contribution >= 4 is 15.7 Å². The van der Waals surface area contributed by atoms with Crippen molar-refractivity contribution in [1.82, 2.24) is 10.6 Å². The number of carbonyl (C=O) groups is 1. The molecule has 3 aromatic rings. The summed E-state index contributed by atoms with van der Waals surface area (Å²) in [6.45, 7) is -0.341. The van der Waals surface area contributed by atoms with E-state index in [9.17, 15) is 35.2 Å². The molecule has 0 bridgehead atoms. The Balaban J connectivity index is 1.56. The summed E-state index contributed by atoms with van der Waals surface area (Å²) in [6.07, 6.45) is -4.50. The number of sulfone groups is 1. The molecule has 0 aromatic heterocycles. The Morgan fingerprint density at radius 2 is 1.53 bits per heavy atom. The largest absolute Gasteiger partial charge is 0.416 e. The van der Waals surface area contributed by atoms with Crippen molar-refractivity contribution in [3.05, 3.63) is 89.5 Å². The van der Waals surface area contributed by atoms with E-state index in [1.807, 2.05) is 0 Å². The number of hydrogen-bond donors (Lipinski definition) is 2. The lowest BCUT2D eigenvalue weighted by molar-refractivity contribution is -0.137. The van der Waals surface area contributed by atoms with Gasteiger partial charge in [-0.25, -0.2) is 17.2 Å². The van der Waals surface area contributed by atoms with Crippen molar-refractivity contribution < 1.29 is 35.2 Å². The highest BCUT2D eigenvalue weighted by Gasteiger charge is 2.30. The van der Waals surface area contributed by atoms with E-state index < -0.39 is 45.0 Å². The van der Waals surface area contributed by atoms with Gasteiger partial charge in [0.25, 0.3) is 0 Å². The van der Waals surface area contributed by atoms with Crippen molar-refractivity contribution in [3.8, 4) is 11.1 Å². The molecule has 1 amide bonds. The lowest BCUT2D eigenvalue weighted by Gasteiger charge is -2.11. The fourth-order valence-electron chi connectivity index (χ4n) is 3.03. The molecule has 2 N–H and O–H groups in total. The van der Waals surface area contributed by atoms with Crippen molar-refractivity contribution in [3.63, 3.8) is 0 Å². The van der Waals surface area contributed by atoms with Gasteiger partial charge in [-0.2, -0.15) is 13.2 Å². The van der Waals surface area contributed by atoms with Gasteiger partial charge < -0.3 is 5.32 Å². The minimum atomic E-state index is -4.50. The van der Waals surface area contributed by atoms with Crippen LogP contribution in [0.15, 0.2) is 71.6 Å². The van der Waals surface area contributed by atoms with Crippen LogP contribution in [0.2, 0.25) is 0 Å². The SMILES string of the molecule is O=C(CNCS(=O)(=O)c1ccc(F)cc1)NCc1ccc(F)c(-c2ccc(C(F)(F)F)cc2)c1. The Kier molecular flexibility index (Phi) is 7.68. The van der Waals surface area contributed by atoms with E-state index in [1.165, 1.54) is 12.1 Å². The van der Waals surface area contributed by atoms with Gasteiger partial charge in [-0.1, -0.05) is 18.2 Å². The van der Waals surface area contributed by atoms with Crippen LogP contribution in [0, 0.1) is 11.6 Å². The second kappa shape index (κ2) is 10.3. The molecule has 0 unspecified atom stereocenters. The van der Waals surface area contributed by atoms with Crippen molar-refractivity contribution in [2.24, 2.45) is 0 Å². The summed E-state index contributed by atoms with van der Waals surface area (Å²) in [5, 5.41) is 5.04. The number of nitrogens with one attached hydrogen (secondary N) is 2. The van der Waals surface area contributed by atoms with Crippen molar-refractivity contribution in [1.29, 1.82) is 0 Å². The first-order chi connectivity index (χ1) is 16.0. The Hall–Kier alpha value is -3.31. The summed E-state index contributed by atoms with van der Waals surface area (Å²) >= 11 is 0. The summed E-state index contributed by atoms with van der Waals surface area (Å²) in [5.74, 6) is -2.29. The molecule has 180 valence electrons. The van der Waals surface area contributed by atoms with Crippen LogP contribution in [0.3, 0.4) is 0 Å². The molecule has 0 spiro atoms. The molecule has 0 radical (unpaired) electrons. The third-order valence-electron chi connectivity index (χ3n) is 4.79. The van der Waals surface area contributed by atoms with Gasteiger partial charge in [0, 0.05) is 12.1 Å².